The fourth-order valence-corrected chi connectivity index (χ4v) is 3.66. The minimum atomic E-state index is 0.404. The molecule has 1 saturated heterocycles. The largest absolute Gasteiger partial charge is 0.359 e. The number of hydrogen-bond donors (Lipinski definition) is 2. The van der Waals surface area contributed by atoms with E-state index in [1.54, 1.807) is 7.05 Å². The lowest BCUT2D eigenvalue weighted by Crippen LogP contribution is -2.48. The molecule has 1 fully saturated rings. The standard InChI is InChI=1S/C21H32N6O/c1-4-16(5-2)19-14-18(28-26-19)15-24-21(22-3)25-17-9-12-27(13-10-17)20-8-6-7-11-23-20/h6-8,11,14,16-17H,4-5,9-10,12-13,15H2,1-3H3,(H2,22,24,25). The third kappa shape index (κ3) is 5.24. The summed E-state index contributed by atoms with van der Waals surface area (Å²) in [5, 5.41) is 11.1. The number of nitrogens with zero attached hydrogens (tertiary/aromatic N) is 4. The van der Waals surface area contributed by atoms with E-state index >= 15 is 0 Å². The SMILES string of the molecule is CCC(CC)c1cc(CNC(=NC)NC2CCN(c3ccccn3)CC2)on1. The molecule has 28 heavy (non-hydrogen) atoms. The Balaban J connectivity index is 1.45. The van der Waals surface area contributed by atoms with Crippen molar-refractivity contribution in [2.45, 2.75) is 58.0 Å². The van der Waals surface area contributed by atoms with Crippen molar-refractivity contribution in [3.8, 4) is 0 Å². The molecule has 152 valence electrons. The van der Waals surface area contributed by atoms with E-state index in [1.807, 2.05) is 18.3 Å². The van der Waals surface area contributed by atoms with Gasteiger partial charge in [-0.05, 0) is 37.8 Å². The number of anilines is 1. The summed E-state index contributed by atoms with van der Waals surface area (Å²) < 4.78 is 5.49. The minimum Gasteiger partial charge on any atom is -0.359 e. The summed E-state index contributed by atoms with van der Waals surface area (Å²) in [5.74, 6) is 3.17. The number of rotatable bonds is 7. The predicted octanol–water partition coefficient (Wildman–Crippen LogP) is 3.31. The molecule has 0 radical (unpaired) electrons. The maximum Gasteiger partial charge on any atom is 0.191 e. The third-order valence-corrected chi connectivity index (χ3v) is 5.44. The lowest BCUT2D eigenvalue weighted by Gasteiger charge is -2.33. The first-order valence-corrected chi connectivity index (χ1v) is 10.3. The Morgan fingerprint density at radius 2 is 2.07 bits per heavy atom. The van der Waals surface area contributed by atoms with Crippen LogP contribution in [-0.2, 0) is 6.54 Å². The molecule has 2 N–H and O–H groups in total. The molecule has 1 aliphatic heterocycles. The highest BCUT2D eigenvalue weighted by atomic mass is 16.5. The quantitative estimate of drug-likeness (QED) is 0.563. The van der Waals surface area contributed by atoms with Crippen LogP contribution in [0.4, 0.5) is 5.82 Å². The second-order valence-corrected chi connectivity index (χ2v) is 7.25. The van der Waals surface area contributed by atoms with Gasteiger partial charge in [0.25, 0.3) is 0 Å². The maximum atomic E-state index is 5.49. The average Bonchev–Trinajstić information content (AvgIpc) is 3.22. The van der Waals surface area contributed by atoms with Crippen LogP contribution in [0.5, 0.6) is 0 Å². The number of nitrogens with one attached hydrogen (secondary N) is 2. The summed E-state index contributed by atoms with van der Waals surface area (Å²) in [6, 6.07) is 8.53. The topological polar surface area (TPSA) is 78.6 Å². The van der Waals surface area contributed by atoms with Gasteiger partial charge in [-0.2, -0.15) is 0 Å². The van der Waals surface area contributed by atoms with Gasteiger partial charge in [0, 0.05) is 44.4 Å². The van der Waals surface area contributed by atoms with Crippen molar-refractivity contribution in [1.82, 2.24) is 20.8 Å². The van der Waals surface area contributed by atoms with Crippen molar-refractivity contribution < 1.29 is 4.52 Å². The van der Waals surface area contributed by atoms with Crippen molar-refractivity contribution in [2.75, 3.05) is 25.0 Å². The molecule has 7 nitrogen and oxygen atoms in total. The highest BCUT2D eigenvalue weighted by molar-refractivity contribution is 5.79. The number of pyridine rings is 1. The molecule has 0 amide bonds. The molecular formula is C21H32N6O. The van der Waals surface area contributed by atoms with Crippen molar-refractivity contribution in [3.63, 3.8) is 0 Å². The zero-order valence-corrected chi connectivity index (χ0v) is 17.2. The van der Waals surface area contributed by atoms with E-state index in [4.69, 9.17) is 4.52 Å². The third-order valence-electron chi connectivity index (χ3n) is 5.44. The van der Waals surface area contributed by atoms with Gasteiger partial charge >= 0.3 is 0 Å². The van der Waals surface area contributed by atoms with Crippen molar-refractivity contribution in [1.29, 1.82) is 0 Å². The van der Waals surface area contributed by atoms with E-state index in [2.05, 4.69) is 56.6 Å². The highest BCUT2D eigenvalue weighted by Crippen LogP contribution is 2.22. The van der Waals surface area contributed by atoms with E-state index in [-0.39, 0.29) is 0 Å². The van der Waals surface area contributed by atoms with Gasteiger partial charge in [-0.15, -0.1) is 0 Å². The predicted molar refractivity (Wildman–Crippen MR) is 113 cm³/mol. The molecule has 2 aromatic rings. The van der Waals surface area contributed by atoms with Crippen molar-refractivity contribution >= 4 is 11.8 Å². The molecule has 3 heterocycles. The molecule has 2 aromatic heterocycles. The summed E-state index contributed by atoms with van der Waals surface area (Å²) in [6.07, 6.45) is 6.12. The smallest absolute Gasteiger partial charge is 0.191 e. The molecule has 0 aliphatic carbocycles. The van der Waals surface area contributed by atoms with Gasteiger partial charge in [0.2, 0.25) is 0 Å². The summed E-state index contributed by atoms with van der Waals surface area (Å²) in [6.45, 7) is 6.94. The van der Waals surface area contributed by atoms with Crippen LogP contribution < -0.4 is 15.5 Å². The molecule has 0 spiro atoms. The first-order chi connectivity index (χ1) is 13.7. The van der Waals surface area contributed by atoms with Gasteiger partial charge in [0.05, 0.1) is 12.2 Å². The van der Waals surface area contributed by atoms with Crippen LogP contribution in [0, 0.1) is 0 Å². The molecule has 0 bridgehead atoms. The Labute approximate surface area is 167 Å². The van der Waals surface area contributed by atoms with Crippen molar-refractivity contribution in [2.24, 2.45) is 4.99 Å². The van der Waals surface area contributed by atoms with Gasteiger partial charge < -0.3 is 20.1 Å². The Morgan fingerprint density at radius 1 is 1.29 bits per heavy atom. The summed E-state index contributed by atoms with van der Waals surface area (Å²) >= 11 is 0. The molecule has 0 saturated carbocycles. The van der Waals surface area contributed by atoms with Crippen LogP contribution in [0.1, 0.15) is 56.9 Å². The molecule has 7 heteroatoms. The maximum absolute atomic E-state index is 5.49. The van der Waals surface area contributed by atoms with Crippen LogP contribution in [0.25, 0.3) is 0 Å². The van der Waals surface area contributed by atoms with Crippen LogP contribution in [-0.4, -0.2) is 42.3 Å². The number of hydrogen-bond acceptors (Lipinski definition) is 5. The van der Waals surface area contributed by atoms with Crippen LogP contribution in [0.2, 0.25) is 0 Å². The van der Waals surface area contributed by atoms with Gasteiger partial charge in [-0.1, -0.05) is 25.1 Å². The minimum absolute atomic E-state index is 0.404. The Kier molecular flexibility index (Phi) is 7.28. The van der Waals surface area contributed by atoms with Gasteiger partial charge in [-0.3, -0.25) is 4.99 Å². The molecule has 0 aromatic carbocycles. The van der Waals surface area contributed by atoms with Crippen LogP contribution >= 0.6 is 0 Å². The van der Waals surface area contributed by atoms with E-state index in [9.17, 15) is 0 Å². The number of aliphatic imine (C=N–C) groups is 1. The monoisotopic (exact) mass is 384 g/mol. The van der Waals surface area contributed by atoms with Crippen molar-refractivity contribution in [3.05, 3.63) is 41.9 Å². The summed E-state index contributed by atoms with van der Waals surface area (Å²) in [7, 11) is 1.80. The Bertz CT molecular complexity index is 732. The Morgan fingerprint density at radius 3 is 2.71 bits per heavy atom. The zero-order chi connectivity index (χ0) is 19.8. The first kappa shape index (κ1) is 20.2. The molecule has 3 rings (SSSR count). The number of piperidine rings is 1. The second kappa shape index (κ2) is 10.1. The van der Waals surface area contributed by atoms with E-state index in [1.165, 1.54) is 0 Å². The van der Waals surface area contributed by atoms with E-state index in [0.29, 0.717) is 18.5 Å². The zero-order valence-electron chi connectivity index (χ0n) is 17.2. The summed E-state index contributed by atoms with van der Waals surface area (Å²) in [5.41, 5.74) is 1.05. The summed E-state index contributed by atoms with van der Waals surface area (Å²) in [4.78, 5) is 11.1. The average molecular weight is 385 g/mol. The van der Waals surface area contributed by atoms with E-state index < -0.39 is 0 Å². The molecule has 1 aliphatic rings. The fourth-order valence-electron chi connectivity index (χ4n) is 3.66. The molecular weight excluding hydrogens is 352 g/mol. The molecule has 0 atom stereocenters. The first-order valence-electron chi connectivity index (χ1n) is 10.3. The van der Waals surface area contributed by atoms with Gasteiger partial charge in [-0.25, -0.2) is 4.98 Å². The lowest BCUT2D eigenvalue weighted by atomic mass is 9.99. The Hall–Kier alpha value is -2.57. The fraction of sp³-hybridized carbons (Fsp3) is 0.571. The molecule has 0 unspecified atom stereocenters. The number of guanidine groups is 1. The normalized spacial score (nSPS) is 15.9. The second-order valence-electron chi connectivity index (χ2n) is 7.25. The van der Waals surface area contributed by atoms with Gasteiger partial charge in [0.1, 0.15) is 5.82 Å². The van der Waals surface area contributed by atoms with Gasteiger partial charge in [0.15, 0.2) is 11.7 Å². The number of aromatic nitrogens is 2. The van der Waals surface area contributed by atoms with Crippen LogP contribution in [0.3, 0.4) is 0 Å². The highest BCUT2D eigenvalue weighted by Gasteiger charge is 2.21. The van der Waals surface area contributed by atoms with Crippen LogP contribution in [0.15, 0.2) is 40.0 Å². The lowest BCUT2D eigenvalue weighted by molar-refractivity contribution is 0.367. The van der Waals surface area contributed by atoms with E-state index in [0.717, 1.165) is 62.0 Å².